The minimum absolute atomic E-state index is 0.0695. The van der Waals surface area contributed by atoms with Crippen LogP contribution in [0.15, 0.2) is 18.3 Å². The first-order chi connectivity index (χ1) is 16.2. The van der Waals surface area contributed by atoms with Crippen molar-refractivity contribution in [2.75, 3.05) is 19.7 Å². The van der Waals surface area contributed by atoms with Gasteiger partial charge in [-0.25, -0.2) is 4.98 Å². The van der Waals surface area contributed by atoms with Crippen LogP contribution in [0, 0.1) is 12.8 Å². The molecule has 1 aliphatic heterocycles. The van der Waals surface area contributed by atoms with Crippen molar-refractivity contribution in [2.24, 2.45) is 5.92 Å². The highest BCUT2D eigenvalue weighted by Crippen LogP contribution is 2.32. The number of nitrogens with zero attached hydrogens (tertiary/aromatic N) is 3. The summed E-state index contributed by atoms with van der Waals surface area (Å²) in [4.78, 5) is 24.2. The van der Waals surface area contributed by atoms with E-state index in [0.29, 0.717) is 18.9 Å². The average Bonchev–Trinajstić information content (AvgIpc) is 3.19. The van der Waals surface area contributed by atoms with Gasteiger partial charge in [-0.3, -0.25) is 14.7 Å². The number of amides is 1. The van der Waals surface area contributed by atoms with Crippen LogP contribution in [0.4, 0.5) is 13.2 Å². The third-order valence-corrected chi connectivity index (χ3v) is 7.61. The van der Waals surface area contributed by atoms with Crippen molar-refractivity contribution in [3.05, 3.63) is 40.2 Å². The predicted molar refractivity (Wildman–Crippen MR) is 124 cm³/mol. The summed E-state index contributed by atoms with van der Waals surface area (Å²) < 4.78 is 41.9. The van der Waals surface area contributed by atoms with E-state index in [9.17, 15) is 18.0 Å². The highest BCUT2D eigenvalue weighted by atomic mass is 32.1. The largest absolute Gasteiger partial charge is 0.460 e. The lowest BCUT2D eigenvalue weighted by Crippen LogP contribution is -2.39. The molecule has 1 fully saturated rings. The number of aromatic nitrogens is 2. The molecule has 2 aromatic heterocycles. The van der Waals surface area contributed by atoms with Gasteiger partial charge in [-0.15, -0.1) is 0 Å². The van der Waals surface area contributed by atoms with Crippen LogP contribution >= 0.6 is 11.3 Å². The Hall–Kier alpha value is -2.20. The summed E-state index contributed by atoms with van der Waals surface area (Å²) in [6.45, 7) is 3.15. The van der Waals surface area contributed by atoms with Gasteiger partial charge >= 0.3 is 6.18 Å². The SMILES string of the molecule is Cc1cc(CC(=O)NC2CCC(CCN3CCc4sc(OCC(F)(F)F)nc4C3)CC2)ccn1. The van der Waals surface area contributed by atoms with Crippen molar-refractivity contribution in [1.82, 2.24) is 20.2 Å². The minimum Gasteiger partial charge on any atom is -0.460 e. The van der Waals surface area contributed by atoms with Crippen LogP contribution in [0.25, 0.3) is 0 Å². The first-order valence-electron chi connectivity index (χ1n) is 11.8. The molecule has 1 N–H and O–H groups in total. The Labute approximate surface area is 201 Å². The number of carbonyl (C=O) groups excluding carboxylic acids is 1. The van der Waals surface area contributed by atoms with E-state index in [1.807, 2.05) is 19.1 Å². The van der Waals surface area contributed by atoms with E-state index in [0.717, 1.165) is 73.4 Å². The third kappa shape index (κ3) is 7.40. The second kappa shape index (κ2) is 11.0. The number of halogens is 3. The van der Waals surface area contributed by atoms with Crippen molar-refractivity contribution in [3.63, 3.8) is 0 Å². The van der Waals surface area contributed by atoms with Gasteiger partial charge in [0.15, 0.2) is 6.61 Å². The molecule has 1 amide bonds. The number of hydrogen-bond acceptors (Lipinski definition) is 6. The fraction of sp³-hybridized carbons (Fsp3) is 0.625. The van der Waals surface area contributed by atoms with Gasteiger partial charge in [-0.1, -0.05) is 11.3 Å². The van der Waals surface area contributed by atoms with Gasteiger partial charge in [0.05, 0.1) is 12.1 Å². The monoisotopic (exact) mass is 496 g/mol. The van der Waals surface area contributed by atoms with E-state index in [2.05, 4.69) is 20.2 Å². The molecule has 2 aromatic rings. The fourth-order valence-corrected chi connectivity index (χ4v) is 5.67. The van der Waals surface area contributed by atoms with Crippen molar-refractivity contribution < 1.29 is 22.7 Å². The molecule has 6 nitrogen and oxygen atoms in total. The average molecular weight is 497 g/mol. The Morgan fingerprint density at radius 1 is 1.29 bits per heavy atom. The van der Waals surface area contributed by atoms with Crippen LogP contribution < -0.4 is 10.1 Å². The first kappa shape index (κ1) is 24.9. The van der Waals surface area contributed by atoms with Crippen molar-refractivity contribution >= 4 is 17.2 Å². The molecule has 1 aliphatic carbocycles. The molecule has 3 heterocycles. The summed E-state index contributed by atoms with van der Waals surface area (Å²) in [5.41, 5.74) is 2.76. The Morgan fingerprint density at radius 3 is 2.82 bits per heavy atom. The minimum atomic E-state index is -4.35. The number of ether oxygens (including phenoxy) is 1. The standard InChI is InChI=1S/C24H31F3N4O2S/c1-16-12-18(6-9-28-16)13-22(32)29-19-4-2-17(3-5-19)7-10-31-11-8-21-20(14-31)30-23(34-21)33-15-24(25,26)27/h6,9,12,17,19H,2-5,7-8,10-11,13-15H2,1H3,(H,29,32). The van der Waals surface area contributed by atoms with E-state index < -0.39 is 12.8 Å². The molecule has 34 heavy (non-hydrogen) atoms. The Kier molecular flexibility index (Phi) is 8.08. The molecular formula is C24H31F3N4O2S. The lowest BCUT2D eigenvalue weighted by Gasteiger charge is -2.32. The van der Waals surface area contributed by atoms with Crippen LogP contribution in [0.2, 0.25) is 0 Å². The molecule has 10 heteroatoms. The second-order valence-electron chi connectivity index (χ2n) is 9.34. The number of carbonyl (C=O) groups is 1. The summed E-state index contributed by atoms with van der Waals surface area (Å²) in [6, 6.07) is 4.08. The molecule has 2 aliphatic rings. The van der Waals surface area contributed by atoms with E-state index in [1.165, 1.54) is 11.3 Å². The number of pyridine rings is 1. The summed E-state index contributed by atoms with van der Waals surface area (Å²) in [7, 11) is 0. The highest BCUT2D eigenvalue weighted by molar-refractivity contribution is 7.13. The Bertz CT molecular complexity index is 973. The summed E-state index contributed by atoms with van der Waals surface area (Å²) in [6.07, 6.45) is 3.88. The van der Waals surface area contributed by atoms with Gasteiger partial charge in [0.1, 0.15) is 0 Å². The molecule has 0 saturated heterocycles. The zero-order chi connectivity index (χ0) is 24.1. The molecule has 1 saturated carbocycles. The second-order valence-corrected chi connectivity index (χ2v) is 10.4. The lowest BCUT2D eigenvalue weighted by atomic mass is 9.84. The molecule has 0 bridgehead atoms. The number of fused-ring (bicyclic) bond motifs is 1. The van der Waals surface area contributed by atoms with Gasteiger partial charge in [-0.2, -0.15) is 13.2 Å². The number of alkyl halides is 3. The van der Waals surface area contributed by atoms with Gasteiger partial charge < -0.3 is 10.1 Å². The van der Waals surface area contributed by atoms with E-state index in [4.69, 9.17) is 4.74 Å². The molecule has 186 valence electrons. The summed E-state index contributed by atoms with van der Waals surface area (Å²) >= 11 is 1.23. The zero-order valence-corrected chi connectivity index (χ0v) is 20.2. The van der Waals surface area contributed by atoms with Crippen LogP contribution in [-0.2, 0) is 24.2 Å². The molecule has 0 radical (unpaired) electrons. The zero-order valence-electron chi connectivity index (χ0n) is 19.4. The molecular weight excluding hydrogens is 465 g/mol. The molecule has 0 aromatic carbocycles. The topological polar surface area (TPSA) is 67.4 Å². The number of thiazole rings is 1. The normalized spacial score (nSPS) is 21.2. The predicted octanol–water partition coefficient (Wildman–Crippen LogP) is 4.45. The number of hydrogen-bond donors (Lipinski definition) is 1. The molecule has 0 unspecified atom stereocenters. The summed E-state index contributed by atoms with van der Waals surface area (Å²) in [5.74, 6) is 0.707. The highest BCUT2D eigenvalue weighted by Gasteiger charge is 2.30. The number of rotatable bonds is 8. The van der Waals surface area contributed by atoms with Gasteiger partial charge in [0.25, 0.3) is 5.19 Å². The maximum Gasteiger partial charge on any atom is 0.422 e. The quantitative estimate of drug-likeness (QED) is 0.585. The Balaban J connectivity index is 1.15. The number of aryl methyl sites for hydroxylation is 1. The Morgan fingerprint density at radius 2 is 2.09 bits per heavy atom. The number of nitrogens with one attached hydrogen (secondary N) is 1. The van der Waals surface area contributed by atoms with Crippen LogP contribution in [-0.4, -0.2) is 52.7 Å². The van der Waals surface area contributed by atoms with E-state index >= 15 is 0 Å². The lowest BCUT2D eigenvalue weighted by molar-refractivity contribution is -0.153. The molecule has 4 rings (SSSR count). The maximum absolute atomic E-state index is 12.4. The van der Waals surface area contributed by atoms with Gasteiger partial charge in [0.2, 0.25) is 5.91 Å². The third-order valence-electron chi connectivity index (χ3n) is 6.54. The maximum atomic E-state index is 12.4. The van der Waals surface area contributed by atoms with Crippen LogP contribution in [0.1, 0.15) is 53.9 Å². The smallest absolute Gasteiger partial charge is 0.422 e. The van der Waals surface area contributed by atoms with Crippen molar-refractivity contribution in [3.8, 4) is 5.19 Å². The summed E-state index contributed by atoms with van der Waals surface area (Å²) in [5, 5.41) is 3.30. The van der Waals surface area contributed by atoms with E-state index in [-0.39, 0.29) is 17.1 Å². The van der Waals surface area contributed by atoms with Gasteiger partial charge in [-0.05, 0) is 75.6 Å². The van der Waals surface area contributed by atoms with Crippen molar-refractivity contribution in [2.45, 2.75) is 70.6 Å². The van der Waals surface area contributed by atoms with Gasteiger partial charge in [0, 0.05) is 35.9 Å². The van der Waals surface area contributed by atoms with E-state index in [1.54, 1.807) is 6.20 Å². The van der Waals surface area contributed by atoms with Crippen LogP contribution in [0.3, 0.4) is 0 Å². The molecule has 0 spiro atoms. The van der Waals surface area contributed by atoms with Crippen molar-refractivity contribution in [1.29, 1.82) is 0 Å². The van der Waals surface area contributed by atoms with Crippen LogP contribution in [0.5, 0.6) is 5.19 Å². The molecule has 0 atom stereocenters. The fourth-order valence-electron chi connectivity index (χ4n) is 4.76. The first-order valence-corrected chi connectivity index (χ1v) is 12.7.